The number of hydrogen-bond donors (Lipinski definition) is 5. The number of nitrogens with zero attached hydrogens (tertiary/aromatic N) is 3. The smallest absolute Gasteiger partial charge is 0.384 e. The fraction of sp³-hybridized carbons (Fsp3) is 0.565. The van der Waals surface area contributed by atoms with E-state index < -0.39 is 36.2 Å². The SMILES string of the molecule is CC(C)(C)CNc1cc(-c2[nH]ncc2NC(=O)N2CCC(O)(C(F)(F)F)CC23CC3)ncc1C=N. The van der Waals surface area contributed by atoms with Gasteiger partial charge >= 0.3 is 12.2 Å². The molecule has 1 saturated carbocycles. The molecule has 4 rings (SSSR count). The van der Waals surface area contributed by atoms with Crippen molar-refractivity contribution in [1.29, 1.82) is 5.41 Å². The van der Waals surface area contributed by atoms with Gasteiger partial charge in [-0.1, -0.05) is 20.8 Å². The maximum atomic E-state index is 13.4. The Labute approximate surface area is 201 Å². The van der Waals surface area contributed by atoms with Crippen molar-refractivity contribution in [3.63, 3.8) is 0 Å². The van der Waals surface area contributed by atoms with Crippen LogP contribution in [0.25, 0.3) is 11.4 Å². The van der Waals surface area contributed by atoms with Crippen LogP contribution < -0.4 is 10.6 Å². The third-order valence-electron chi connectivity index (χ3n) is 6.58. The van der Waals surface area contributed by atoms with Gasteiger partial charge in [-0.25, -0.2) is 4.79 Å². The molecule has 1 saturated heterocycles. The van der Waals surface area contributed by atoms with Crippen LogP contribution in [0, 0.1) is 10.8 Å². The monoisotopic (exact) mass is 493 g/mol. The maximum Gasteiger partial charge on any atom is 0.417 e. The Kier molecular flexibility index (Phi) is 6.06. The van der Waals surface area contributed by atoms with Gasteiger partial charge in [0.2, 0.25) is 0 Å². The molecule has 3 heterocycles. The summed E-state index contributed by atoms with van der Waals surface area (Å²) in [5, 5.41) is 30.7. The number of hydrogen-bond acceptors (Lipinski definition) is 6. The first-order valence-electron chi connectivity index (χ1n) is 11.4. The summed E-state index contributed by atoms with van der Waals surface area (Å²) < 4.78 is 40.1. The molecule has 0 radical (unpaired) electrons. The second-order valence-corrected chi connectivity index (χ2v) is 10.6. The standard InChI is InChI=1S/C23H30F3N7O2/c1-20(2,3)13-29-15-8-16(28-10-14(15)9-27)18-17(11-30-32-18)31-19(34)33-7-6-22(35,23(24,25)26)12-21(33)4-5-21/h8-11,27,35H,4-7,12-13H2,1-3H3,(H,28,29)(H,30,32)(H,31,34). The molecule has 12 heteroatoms. The number of nitrogens with one attached hydrogen (secondary N) is 4. The van der Waals surface area contributed by atoms with Crippen molar-refractivity contribution >= 4 is 23.6 Å². The van der Waals surface area contributed by atoms with E-state index >= 15 is 0 Å². The van der Waals surface area contributed by atoms with Crippen molar-refractivity contribution in [1.82, 2.24) is 20.1 Å². The number of halogens is 3. The molecule has 2 aromatic rings. The number of carbonyl (C=O) groups is 1. The van der Waals surface area contributed by atoms with Crippen LogP contribution in [0.5, 0.6) is 0 Å². The Hall–Kier alpha value is -3.15. The van der Waals surface area contributed by atoms with Gasteiger partial charge in [0.25, 0.3) is 0 Å². The highest BCUT2D eigenvalue weighted by Crippen LogP contribution is 2.55. The van der Waals surface area contributed by atoms with Crippen molar-refractivity contribution < 1.29 is 23.1 Å². The predicted molar refractivity (Wildman–Crippen MR) is 126 cm³/mol. The zero-order chi connectivity index (χ0) is 25.6. The van der Waals surface area contributed by atoms with Gasteiger partial charge in [-0.05, 0) is 24.3 Å². The summed E-state index contributed by atoms with van der Waals surface area (Å²) in [7, 11) is 0. The average Bonchev–Trinajstić information content (AvgIpc) is 3.35. The minimum Gasteiger partial charge on any atom is -0.384 e. The molecule has 1 spiro atoms. The van der Waals surface area contributed by atoms with Gasteiger partial charge in [0.15, 0.2) is 5.60 Å². The quantitative estimate of drug-likeness (QED) is 0.395. The summed E-state index contributed by atoms with van der Waals surface area (Å²) in [4.78, 5) is 18.9. The summed E-state index contributed by atoms with van der Waals surface area (Å²) in [6, 6.07) is 1.21. The summed E-state index contributed by atoms with van der Waals surface area (Å²) in [6.45, 7) is 6.69. The van der Waals surface area contributed by atoms with Gasteiger partial charge < -0.3 is 26.0 Å². The molecule has 0 bridgehead atoms. The Bertz CT molecular complexity index is 1120. The molecular formula is C23H30F3N7O2. The highest BCUT2D eigenvalue weighted by atomic mass is 19.4. The number of aromatic amines is 1. The number of pyridine rings is 1. The predicted octanol–water partition coefficient (Wildman–Crippen LogP) is 4.38. The summed E-state index contributed by atoms with van der Waals surface area (Å²) in [5.41, 5.74) is -1.23. The minimum atomic E-state index is -4.74. The van der Waals surface area contributed by atoms with E-state index in [4.69, 9.17) is 5.41 Å². The largest absolute Gasteiger partial charge is 0.417 e. The van der Waals surface area contributed by atoms with Gasteiger partial charge in [-0.2, -0.15) is 18.3 Å². The molecule has 1 unspecified atom stereocenters. The Morgan fingerprint density at radius 1 is 1.26 bits per heavy atom. The molecule has 2 amide bonds. The molecule has 2 aromatic heterocycles. The number of alkyl halides is 3. The maximum absolute atomic E-state index is 13.4. The third kappa shape index (κ3) is 4.97. The molecule has 1 aliphatic heterocycles. The van der Waals surface area contributed by atoms with E-state index in [-0.39, 0.29) is 12.0 Å². The lowest BCUT2D eigenvalue weighted by atomic mass is 9.84. The summed E-state index contributed by atoms with van der Waals surface area (Å²) >= 11 is 0. The molecule has 1 atom stereocenters. The Morgan fingerprint density at radius 2 is 1.97 bits per heavy atom. The summed E-state index contributed by atoms with van der Waals surface area (Å²) in [6.07, 6.45) is -0.858. The number of rotatable bonds is 5. The molecule has 2 fully saturated rings. The first kappa shape index (κ1) is 25.0. The third-order valence-corrected chi connectivity index (χ3v) is 6.58. The van der Waals surface area contributed by atoms with E-state index in [1.165, 1.54) is 17.3 Å². The van der Waals surface area contributed by atoms with Crippen LogP contribution >= 0.6 is 0 Å². The van der Waals surface area contributed by atoms with Crippen LogP contribution in [0.4, 0.5) is 29.3 Å². The lowest BCUT2D eigenvalue weighted by Crippen LogP contribution is -2.60. The molecule has 9 nitrogen and oxygen atoms in total. The first-order valence-corrected chi connectivity index (χ1v) is 11.4. The van der Waals surface area contributed by atoms with Crippen LogP contribution in [0.3, 0.4) is 0 Å². The van der Waals surface area contributed by atoms with E-state index in [1.54, 1.807) is 12.3 Å². The second-order valence-electron chi connectivity index (χ2n) is 10.6. The Balaban J connectivity index is 1.53. The number of piperidine rings is 1. The van der Waals surface area contributed by atoms with Gasteiger partial charge in [-0.15, -0.1) is 0 Å². The number of aromatic nitrogens is 3. The highest BCUT2D eigenvalue weighted by molar-refractivity contribution is 5.94. The molecule has 5 N–H and O–H groups in total. The normalized spacial score (nSPS) is 21.6. The Morgan fingerprint density at radius 3 is 2.57 bits per heavy atom. The van der Waals surface area contributed by atoms with E-state index in [1.807, 2.05) is 0 Å². The van der Waals surface area contributed by atoms with Crippen molar-refractivity contribution in [2.24, 2.45) is 5.41 Å². The number of urea groups is 1. The van der Waals surface area contributed by atoms with Crippen molar-refractivity contribution in [2.75, 3.05) is 23.7 Å². The number of likely N-dealkylation sites (tertiary alicyclic amines) is 1. The number of anilines is 2. The van der Waals surface area contributed by atoms with Crippen LogP contribution in [0.2, 0.25) is 0 Å². The van der Waals surface area contributed by atoms with E-state index in [2.05, 4.69) is 46.6 Å². The zero-order valence-electron chi connectivity index (χ0n) is 19.9. The lowest BCUT2D eigenvalue weighted by Gasteiger charge is -2.45. The van der Waals surface area contributed by atoms with Crippen molar-refractivity contribution in [3.05, 3.63) is 24.0 Å². The van der Waals surface area contributed by atoms with Gasteiger partial charge in [0.1, 0.15) is 5.69 Å². The zero-order valence-corrected chi connectivity index (χ0v) is 19.9. The first-order chi connectivity index (χ1) is 16.3. The average molecular weight is 494 g/mol. The molecular weight excluding hydrogens is 463 g/mol. The van der Waals surface area contributed by atoms with E-state index in [0.717, 1.165) is 0 Å². The van der Waals surface area contributed by atoms with Crippen molar-refractivity contribution in [2.45, 2.75) is 63.8 Å². The fourth-order valence-electron chi connectivity index (χ4n) is 4.40. The second kappa shape index (κ2) is 8.51. The number of H-pyrrole nitrogens is 1. The van der Waals surface area contributed by atoms with Gasteiger partial charge in [-0.3, -0.25) is 10.1 Å². The molecule has 1 aliphatic carbocycles. The van der Waals surface area contributed by atoms with Crippen molar-refractivity contribution in [3.8, 4) is 11.4 Å². The molecule has 35 heavy (non-hydrogen) atoms. The van der Waals surface area contributed by atoms with Crippen LogP contribution in [0.1, 0.15) is 52.0 Å². The molecule has 2 aliphatic rings. The lowest BCUT2D eigenvalue weighted by molar-refractivity contribution is -0.277. The van der Waals surface area contributed by atoms with Gasteiger partial charge in [0, 0.05) is 55.1 Å². The fourth-order valence-corrected chi connectivity index (χ4v) is 4.40. The molecule has 0 aromatic carbocycles. The molecule has 190 valence electrons. The van der Waals surface area contributed by atoms with E-state index in [0.29, 0.717) is 47.7 Å². The van der Waals surface area contributed by atoms with Crippen LogP contribution in [0.15, 0.2) is 18.5 Å². The summed E-state index contributed by atoms with van der Waals surface area (Å²) in [5.74, 6) is 0. The van der Waals surface area contributed by atoms with Gasteiger partial charge in [0.05, 0.1) is 17.6 Å². The number of carbonyl (C=O) groups excluding carboxylic acids is 1. The highest BCUT2D eigenvalue weighted by Gasteiger charge is 2.65. The van der Waals surface area contributed by atoms with E-state index in [9.17, 15) is 23.1 Å². The number of amides is 2. The number of aliphatic hydroxyl groups is 1. The van der Waals surface area contributed by atoms with Crippen LogP contribution in [-0.2, 0) is 0 Å². The van der Waals surface area contributed by atoms with Crippen LogP contribution in [-0.4, -0.2) is 67.8 Å². The topological polar surface area (TPSA) is 130 Å². The minimum absolute atomic E-state index is 0.00132.